The fourth-order valence-electron chi connectivity index (χ4n) is 2.97. The number of aliphatic hydroxyl groups excluding tert-OH is 1. The molecule has 1 aliphatic rings. The molecular formula is C17H21NO2. The average Bonchev–Trinajstić information content (AvgIpc) is 2.53. The molecule has 0 bridgehead atoms. The summed E-state index contributed by atoms with van der Waals surface area (Å²) in [6.07, 6.45) is 7.47. The Morgan fingerprint density at radius 3 is 2.90 bits per heavy atom. The van der Waals surface area contributed by atoms with Gasteiger partial charge in [-0.3, -0.25) is 4.98 Å². The predicted octanol–water partition coefficient (Wildman–Crippen LogP) is 3.55. The zero-order valence-corrected chi connectivity index (χ0v) is 11.7. The molecule has 0 aliphatic heterocycles. The molecule has 1 atom stereocenters. The van der Waals surface area contributed by atoms with E-state index in [1.165, 1.54) is 19.3 Å². The lowest BCUT2D eigenvalue weighted by molar-refractivity contribution is 0.0414. The van der Waals surface area contributed by atoms with Gasteiger partial charge in [0.15, 0.2) is 0 Å². The van der Waals surface area contributed by atoms with Crippen LogP contribution >= 0.6 is 0 Å². The van der Waals surface area contributed by atoms with E-state index in [4.69, 9.17) is 4.74 Å². The van der Waals surface area contributed by atoms with Crippen LogP contribution in [0.25, 0.3) is 10.9 Å². The van der Waals surface area contributed by atoms with Gasteiger partial charge in [-0.05, 0) is 37.0 Å². The third kappa shape index (κ3) is 3.10. The van der Waals surface area contributed by atoms with Gasteiger partial charge in [-0.25, -0.2) is 0 Å². The van der Waals surface area contributed by atoms with E-state index in [-0.39, 0.29) is 6.10 Å². The van der Waals surface area contributed by atoms with Gasteiger partial charge < -0.3 is 9.84 Å². The Morgan fingerprint density at radius 1 is 1.20 bits per heavy atom. The summed E-state index contributed by atoms with van der Waals surface area (Å²) in [7, 11) is 0. The van der Waals surface area contributed by atoms with E-state index in [9.17, 15) is 5.11 Å². The van der Waals surface area contributed by atoms with Crippen molar-refractivity contribution < 1.29 is 9.84 Å². The Hall–Kier alpha value is -1.61. The molecule has 1 saturated carbocycles. The van der Waals surface area contributed by atoms with Crippen LogP contribution in [0.1, 0.15) is 32.1 Å². The SMILES string of the molecule is OC(COc1ccc2cccnc2c1)C1CCCCC1. The molecule has 3 heteroatoms. The number of hydrogen-bond acceptors (Lipinski definition) is 3. The minimum Gasteiger partial charge on any atom is -0.491 e. The number of fused-ring (bicyclic) bond motifs is 1. The van der Waals surface area contributed by atoms with Crippen LogP contribution in [0.5, 0.6) is 5.75 Å². The molecule has 0 saturated heterocycles. The molecule has 0 spiro atoms. The first-order valence-electron chi connectivity index (χ1n) is 7.48. The second-order valence-electron chi connectivity index (χ2n) is 5.63. The lowest BCUT2D eigenvalue weighted by Crippen LogP contribution is -2.28. The molecule has 106 valence electrons. The standard InChI is InChI=1S/C17H21NO2/c19-17(14-5-2-1-3-6-14)12-20-15-9-8-13-7-4-10-18-16(13)11-15/h4,7-11,14,17,19H,1-3,5-6,12H2. The number of rotatable bonds is 4. The van der Waals surface area contributed by atoms with Gasteiger partial charge in [0, 0.05) is 17.6 Å². The van der Waals surface area contributed by atoms with Gasteiger partial charge in [-0.1, -0.05) is 25.3 Å². The maximum absolute atomic E-state index is 10.2. The van der Waals surface area contributed by atoms with Crippen LogP contribution < -0.4 is 4.74 Å². The van der Waals surface area contributed by atoms with E-state index in [0.717, 1.165) is 29.5 Å². The Balaban J connectivity index is 1.61. The fourth-order valence-corrected chi connectivity index (χ4v) is 2.97. The highest BCUT2D eigenvalue weighted by molar-refractivity contribution is 5.79. The predicted molar refractivity (Wildman–Crippen MR) is 79.8 cm³/mol. The number of hydrogen-bond donors (Lipinski definition) is 1. The van der Waals surface area contributed by atoms with Crippen molar-refractivity contribution in [2.75, 3.05) is 6.61 Å². The second kappa shape index (κ2) is 6.23. The monoisotopic (exact) mass is 271 g/mol. The average molecular weight is 271 g/mol. The second-order valence-corrected chi connectivity index (χ2v) is 5.63. The van der Waals surface area contributed by atoms with Gasteiger partial charge >= 0.3 is 0 Å². The molecule has 1 aromatic carbocycles. The number of ether oxygens (including phenoxy) is 1. The maximum Gasteiger partial charge on any atom is 0.121 e. The first-order valence-corrected chi connectivity index (χ1v) is 7.48. The van der Waals surface area contributed by atoms with Crippen molar-refractivity contribution in [2.24, 2.45) is 5.92 Å². The summed E-state index contributed by atoms with van der Waals surface area (Å²) >= 11 is 0. The van der Waals surface area contributed by atoms with Gasteiger partial charge in [-0.2, -0.15) is 0 Å². The van der Waals surface area contributed by atoms with Crippen LogP contribution in [0.4, 0.5) is 0 Å². The molecular weight excluding hydrogens is 250 g/mol. The molecule has 1 N–H and O–H groups in total. The molecule has 3 nitrogen and oxygen atoms in total. The number of aliphatic hydroxyl groups is 1. The molecule has 20 heavy (non-hydrogen) atoms. The summed E-state index contributed by atoms with van der Waals surface area (Å²) in [6.45, 7) is 0.378. The van der Waals surface area contributed by atoms with Crippen LogP contribution in [-0.4, -0.2) is 22.8 Å². The lowest BCUT2D eigenvalue weighted by atomic mass is 9.85. The third-order valence-electron chi connectivity index (χ3n) is 4.19. The van der Waals surface area contributed by atoms with E-state index in [1.54, 1.807) is 6.20 Å². The van der Waals surface area contributed by atoms with Crippen molar-refractivity contribution in [3.05, 3.63) is 36.5 Å². The minimum atomic E-state index is -0.352. The molecule has 1 aliphatic carbocycles. The number of aromatic nitrogens is 1. The molecule has 2 aromatic rings. The van der Waals surface area contributed by atoms with Crippen molar-refractivity contribution in [3.8, 4) is 5.75 Å². The largest absolute Gasteiger partial charge is 0.491 e. The lowest BCUT2D eigenvalue weighted by Gasteiger charge is -2.26. The van der Waals surface area contributed by atoms with Gasteiger partial charge in [0.2, 0.25) is 0 Å². The topological polar surface area (TPSA) is 42.4 Å². The highest BCUT2D eigenvalue weighted by Gasteiger charge is 2.22. The van der Waals surface area contributed by atoms with E-state index in [2.05, 4.69) is 4.98 Å². The highest BCUT2D eigenvalue weighted by Crippen LogP contribution is 2.27. The van der Waals surface area contributed by atoms with Crippen LogP contribution in [0.3, 0.4) is 0 Å². The number of nitrogens with zero attached hydrogens (tertiary/aromatic N) is 1. The first-order chi connectivity index (χ1) is 9.83. The van der Waals surface area contributed by atoms with Crippen molar-refractivity contribution in [2.45, 2.75) is 38.2 Å². The molecule has 0 radical (unpaired) electrons. The zero-order chi connectivity index (χ0) is 13.8. The van der Waals surface area contributed by atoms with Gasteiger partial charge in [-0.15, -0.1) is 0 Å². The summed E-state index contributed by atoms with van der Waals surface area (Å²) in [5, 5.41) is 11.3. The molecule has 0 amide bonds. The van der Waals surface area contributed by atoms with Crippen molar-refractivity contribution in [1.29, 1.82) is 0 Å². The fraction of sp³-hybridized carbons (Fsp3) is 0.471. The van der Waals surface area contributed by atoms with Crippen molar-refractivity contribution in [1.82, 2.24) is 4.98 Å². The summed E-state index contributed by atoms with van der Waals surface area (Å²) in [5.41, 5.74) is 0.928. The smallest absolute Gasteiger partial charge is 0.121 e. The molecule has 1 heterocycles. The molecule has 1 fully saturated rings. The van der Waals surface area contributed by atoms with E-state index < -0.39 is 0 Å². The molecule has 3 rings (SSSR count). The third-order valence-corrected chi connectivity index (χ3v) is 4.19. The van der Waals surface area contributed by atoms with E-state index in [1.807, 2.05) is 30.3 Å². The zero-order valence-electron chi connectivity index (χ0n) is 11.7. The normalized spacial score (nSPS) is 18.1. The molecule has 1 unspecified atom stereocenters. The Morgan fingerprint density at radius 2 is 2.05 bits per heavy atom. The number of pyridine rings is 1. The van der Waals surface area contributed by atoms with Gasteiger partial charge in [0.05, 0.1) is 11.6 Å². The van der Waals surface area contributed by atoms with Crippen LogP contribution in [-0.2, 0) is 0 Å². The van der Waals surface area contributed by atoms with Crippen LogP contribution in [0.2, 0.25) is 0 Å². The Bertz CT molecular complexity index is 564. The van der Waals surface area contributed by atoms with Gasteiger partial charge in [0.1, 0.15) is 12.4 Å². The first kappa shape index (κ1) is 13.4. The Labute approximate surface area is 119 Å². The van der Waals surface area contributed by atoms with Crippen molar-refractivity contribution in [3.63, 3.8) is 0 Å². The summed E-state index contributed by atoms with van der Waals surface area (Å²) in [6, 6.07) is 9.84. The Kier molecular flexibility index (Phi) is 4.16. The summed E-state index contributed by atoms with van der Waals surface area (Å²) in [4.78, 5) is 4.32. The highest BCUT2D eigenvalue weighted by atomic mass is 16.5. The summed E-state index contributed by atoms with van der Waals surface area (Å²) < 4.78 is 5.74. The summed E-state index contributed by atoms with van der Waals surface area (Å²) in [5.74, 6) is 1.19. The maximum atomic E-state index is 10.2. The van der Waals surface area contributed by atoms with Crippen molar-refractivity contribution >= 4 is 10.9 Å². The van der Waals surface area contributed by atoms with Crippen LogP contribution in [0, 0.1) is 5.92 Å². The minimum absolute atomic E-state index is 0.352. The van der Waals surface area contributed by atoms with Gasteiger partial charge in [0.25, 0.3) is 0 Å². The van der Waals surface area contributed by atoms with Crippen LogP contribution in [0.15, 0.2) is 36.5 Å². The number of benzene rings is 1. The van der Waals surface area contributed by atoms with E-state index in [0.29, 0.717) is 12.5 Å². The van der Waals surface area contributed by atoms with E-state index >= 15 is 0 Å². The molecule has 1 aromatic heterocycles. The quantitative estimate of drug-likeness (QED) is 0.924.